The average Bonchev–Trinajstić information content (AvgIpc) is 2.74. The summed E-state index contributed by atoms with van der Waals surface area (Å²) >= 11 is 0. The molecule has 0 spiro atoms. The van der Waals surface area contributed by atoms with Gasteiger partial charge in [0.2, 0.25) is 5.91 Å². The molecule has 2 heterocycles. The Morgan fingerprint density at radius 1 is 1.65 bits per heavy atom. The van der Waals surface area contributed by atoms with E-state index in [0.29, 0.717) is 25.2 Å². The SMILES string of the molecule is CC[C@@H]1C(=O)NCCN1C(=O)c1cc(C)[nH]n1. The highest BCUT2D eigenvalue weighted by Gasteiger charge is 2.32. The van der Waals surface area contributed by atoms with Gasteiger partial charge in [0.15, 0.2) is 0 Å². The third kappa shape index (κ3) is 2.15. The Balaban J connectivity index is 2.20. The number of piperazine rings is 1. The predicted octanol–water partition coefficient (Wildman–Crippen LogP) is 0.0687. The third-order valence-corrected chi connectivity index (χ3v) is 2.90. The van der Waals surface area contributed by atoms with E-state index in [1.54, 1.807) is 11.0 Å². The molecule has 0 unspecified atom stereocenters. The van der Waals surface area contributed by atoms with Crippen LogP contribution in [0.2, 0.25) is 0 Å². The molecule has 2 rings (SSSR count). The van der Waals surface area contributed by atoms with Gasteiger partial charge in [0.1, 0.15) is 11.7 Å². The fourth-order valence-electron chi connectivity index (χ4n) is 2.04. The Morgan fingerprint density at radius 2 is 2.41 bits per heavy atom. The summed E-state index contributed by atoms with van der Waals surface area (Å²) in [6.07, 6.45) is 0.612. The topological polar surface area (TPSA) is 78.1 Å². The van der Waals surface area contributed by atoms with E-state index in [4.69, 9.17) is 0 Å². The van der Waals surface area contributed by atoms with E-state index in [2.05, 4.69) is 15.5 Å². The maximum atomic E-state index is 12.2. The van der Waals surface area contributed by atoms with Crippen LogP contribution >= 0.6 is 0 Å². The molecule has 6 heteroatoms. The first-order valence-corrected chi connectivity index (χ1v) is 5.74. The van der Waals surface area contributed by atoms with Crippen LogP contribution in [0, 0.1) is 6.92 Å². The average molecular weight is 236 g/mol. The van der Waals surface area contributed by atoms with Gasteiger partial charge >= 0.3 is 0 Å². The summed E-state index contributed by atoms with van der Waals surface area (Å²) in [5.74, 6) is -0.268. The van der Waals surface area contributed by atoms with E-state index in [1.807, 2.05) is 13.8 Å². The summed E-state index contributed by atoms with van der Waals surface area (Å²) < 4.78 is 0. The van der Waals surface area contributed by atoms with E-state index >= 15 is 0 Å². The van der Waals surface area contributed by atoms with E-state index in [0.717, 1.165) is 5.69 Å². The minimum absolute atomic E-state index is 0.0839. The van der Waals surface area contributed by atoms with Gasteiger partial charge in [-0.05, 0) is 19.4 Å². The lowest BCUT2D eigenvalue weighted by Gasteiger charge is -2.33. The first-order valence-electron chi connectivity index (χ1n) is 5.74. The van der Waals surface area contributed by atoms with Crippen molar-refractivity contribution in [2.75, 3.05) is 13.1 Å². The van der Waals surface area contributed by atoms with Gasteiger partial charge in [0.05, 0.1) is 0 Å². The quantitative estimate of drug-likeness (QED) is 0.762. The number of aromatic nitrogens is 2. The first kappa shape index (κ1) is 11.6. The Labute approximate surface area is 99.4 Å². The van der Waals surface area contributed by atoms with Crippen LogP contribution < -0.4 is 5.32 Å². The van der Waals surface area contributed by atoms with E-state index in [9.17, 15) is 9.59 Å². The molecular formula is C11H16N4O2. The zero-order chi connectivity index (χ0) is 12.4. The molecule has 0 radical (unpaired) electrons. The van der Waals surface area contributed by atoms with Gasteiger partial charge in [0, 0.05) is 18.8 Å². The number of hydrogen-bond donors (Lipinski definition) is 2. The van der Waals surface area contributed by atoms with Crippen molar-refractivity contribution in [1.82, 2.24) is 20.4 Å². The molecule has 0 saturated carbocycles. The first-order chi connectivity index (χ1) is 8.13. The van der Waals surface area contributed by atoms with Crippen molar-refractivity contribution in [3.05, 3.63) is 17.5 Å². The minimum atomic E-state index is -0.381. The van der Waals surface area contributed by atoms with Crippen LogP contribution in [-0.2, 0) is 4.79 Å². The fraction of sp³-hybridized carbons (Fsp3) is 0.545. The fourth-order valence-corrected chi connectivity index (χ4v) is 2.04. The van der Waals surface area contributed by atoms with Gasteiger partial charge < -0.3 is 10.2 Å². The molecule has 1 saturated heterocycles. The second-order valence-corrected chi connectivity index (χ2v) is 4.15. The van der Waals surface area contributed by atoms with Gasteiger partial charge in [-0.2, -0.15) is 5.10 Å². The largest absolute Gasteiger partial charge is 0.353 e. The van der Waals surface area contributed by atoms with Crippen LogP contribution in [-0.4, -0.2) is 46.0 Å². The van der Waals surface area contributed by atoms with Crippen molar-refractivity contribution >= 4 is 11.8 Å². The molecule has 1 aliphatic rings. The Kier molecular flexibility index (Phi) is 3.12. The van der Waals surface area contributed by atoms with Crippen LogP contribution in [0.5, 0.6) is 0 Å². The number of rotatable bonds is 2. The number of amides is 2. The minimum Gasteiger partial charge on any atom is -0.353 e. The van der Waals surface area contributed by atoms with Crippen molar-refractivity contribution in [1.29, 1.82) is 0 Å². The van der Waals surface area contributed by atoms with Crippen LogP contribution in [0.15, 0.2) is 6.07 Å². The van der Waals surface area contributed by atoms with Crippen LogP contribution in [0.4, 0.5) is 0 Å². The standard InChI is InChI=1S/C11H16N4O2/c1-3-9-10(16)12-4-5-15(9)11(17)8-6-7(2)13-14-8/h6,9H,3-5H2,1-2H3,(H,12,16)(H,13,14)/t9-/m1/s1. The van der Waals surface area contributed by atoms with E-state index in [-0.39, 0.29) is 17.9 Å². The molecule has 1 atom stereocenters. The van der Waals surface area contributed by atoms with Gasteiger partial charge in [-0.15, -0.1) is 0 Å². The summed E-state index contributed by atoms with van der Waals surface area (Å²) in [5, 5.41) is 9.43. The lowest BCUT2D eigenvalue weighted by Crippen LogP contribution is -2.56. The molecule has 6 nitrogen and oxygen atoms in total. The summed E-state index contributed by atoms with van der Waals surface area (Å²) in [5.41, 5.74) is 1.21. The molecule has 92 valence electrons. The van der Waals surface area contributed by atoms with Gasteiger partial charge in [0.25, 0.3) is 5.91 Å². The normalized spacial score (nSPS) is 20.2. The Morgan fingerprint density at radius 3 is 3.00 bits per heavy atom. The number of hydrogen-bond acceptors (Lipinski definition) is 3. The Bertz CT molecular complexity index is 440. The second kappa shape index (κ2) is 4.57. The number of nitrogens with one attached hydrogen (secondary N) is 2. The molecule has 1 aliphatic heterocycles. The summed E-state index contributed by atoms with van der Waals surface area (Å²) in [6, 6.07) is 1.31. The summed E-state index contributed by atoms with van der Waals surface area (Å²) in [4.78, 5) is 25.4. The third-order valence-electron chi connectivity index (χ3n) is 2.90. The number of carbonyl (C=O) groups is 2. The highest BCUT2D eigenvalue weighted by Crippen LogP contribution is 2.12. The predicted molar refractivity (Wildman–Crippen MR) is 61.4 cm³/mol. The lowest BCUT2D eigenvalue weighted by molar-refractivity contribution is -0.127. The Hall–Kier alpha value is -1.85. The second-order valence-electron chi connectivity index (χ2n) is 4.15. The van der Waals surface area contributed by atoms with E-state index < -0.39 is 0 Å². The molecule has 0 bridgehead atoms. The van der Waals surface area contributed by atoms with E-state index in [1.165, 1.54) is 0 Å². The number of aromatic amines is 1. The molecule has 0 aromatic carbocycles. The van der Waals surface area contributed by atoms with Crippen molar-refractivity contribution in [2.24, 2.45) is 0 Å². The van der Waals surface area contributed by atoms with Crippen molar-refractivity contribution in [2.45, 2.75) is 26.3 Å². The van der Waals surface area contributed by atoms with Crippen molar-refractivity contribution < 1.29 is 9.59 Å². The highest BCUT2D eigenvalue weighted by atomic mass is 16.2. The zero-order valence-corrected chi connectivity index (χ0v) is 9.99. The monoisotopic (exact) mass is 236 g/mol. The van der Waals surface area contributed by atoms with Crippen molar-refractivity contribution in [3.63, 3.8) is 0 Å². The summed E-state index contributed by atoms with van der Waals surface area (Å²) in [6.45, 7) is 4.77. The molecule has 1 fully saturated rings. The van der Waals surface area contributed by atoms with Gasteiger partial charge in [-0.25, -0.2) is 0 Å². The molecule has 17 heavy (non-hydrogen) atoms. The molecule has 2 N–H and O–H groups in total. The molecule has 1 aromatic rings. The number of carbonyl (C=O) groups excluding carboxylic acids is 2. The zero-order valence-electron chi connectivity index (χ0n) is 9.99. The molecule has 2 amide bonds. The van der Waals surface area contributed by atoms with Crippen LogP contribution in [0.25, 0.3) is 0 Å². The maximum Gasteiger partial charge on any atom is 0.275 e. The molecule has 1 aromatic heterocycles. The number of aryl methyl sites for hydroxylation is 1. The molecule has 0 aliphatic carbocycles. The van der Waals surface area contributed by atoms with Crippen LogP contribution in [0.1, 0.15) is 29.5 Å². The number of H-pyrrole nitrogens is 1. The highest BCUT2D eigenvalue weighted by molar-refractivity contribution is 5.96. The molecular weight excluding hydrogens is 220 g/mol. The van der Waals surface area contributed by atoms with Gasteiger partial charge in [-0.3, -0.25) is 14.7 Å². The van der Waals surface area contributed by atoms with Gasteiger partial charge in [-0.1, -0.05) is 6.92 Å². The maximum absolute atomic E-state index is 12.2. The number of nitrogens with zero attached hydrogens (tertiary/aromatic N) is 2. The lowest BCUT2D eigenvalue weighted by atomic mass is 10.1. The summed E-state index contributed by atoms with van der Waals surface area (Å²) in [7, 11) is 0. The van der Waals surface area contributed by atoms with Crippen molar-refractivity contribution in [3.8, 4) is 0 Å². The smallest absolute Gasteiger partial charge is 0.275 e. The van der Waals surface area contributed by atoms with Crippen LogP contribution in [0.3, 0.4) is 0 Å².